The number of hydrogen-bond donors (Lipinski definition) is 2. The maximum Gasteiger partial charge on any atom is 0.287 e. The number of fused-ring (bicyclic) bond motifs is 1. The van der Waals surface area contributed by atoms with Gasteiger partial charge in [-0.25, -0.2) is 4.98 Å². The second-order valence-corrected chi connectivity index (χ2v) is 7.86. The standard InChI is InChI=1S/C22H28N4O3/c1-15-6-4-7-16(12-15)13-23-21(27)19-18-9-2-3-10-26(18)20(25-19)22(28)24-14-17-8-5-11-29-17/h4,6-7,12,17H,2-3,5,8-11,13-14H2,1H3,(H,23,27)(H,24,28). The lowest BCUT2D eigenvalue weighted by molar-refractivity contribution is 0.0845. The van der Waals surface area contributed by atoms with Crippen molar-refractivity contribution in [1.29, 1.82) is 0 Å². The maximum absolute atomic E-state index is 12.8. The lowest BCUT2D eigenvalue weighted by atomic mass is 10.1. The molecule has 3 heterocycles. The van der Waals surface area contributed by atoms with Crippen molar-refractivity contribution in [1.82, 2.24) is 20.2 Å². The van der Waals surface area contributed by atoms with E-state index in [2.05, 4.69) is 15.6 Å². The van der Waals surface area contributed by atoms with Gasteiger partial charge in [-0.05, 0) is 44.6 Å². The second kappa shape index (κ2) is 8.78. The number of aromatic nitrogens is 2. The number of ether oxygens (including phenoxy) is 1. The molecule has 1 fully saturated rings. The lowest BCUT2D eigenvalue weighted by Crippen LogP contribution is -2.34. The van der Waals surface area contributed by atoms with Crippen molar-refractivity contribution in [3.63, 3.8) is 0 Å². The minimum atomic E-state index is -0.235. The number of benzene rings is 1. The predicted molar refractivity (Wildman–Crippen MR) is 109 cm³/mol. The third kappa shape index (κ3) is 4.50. The van der Waals surface area contributed by atoms with Gasteiger partial charge in [0.25, 0.3) is 11.8 Å². The molecule has 2 aliphatic heterocycles. The van der Waals surface area contributed by atoms with Crippen molar-refractivity contribution >= 4 is 11.8 Å². The van der Waals surface area contributed by atoms with E-state index in [0.29, 0.717) is 24.6 Å². The SMILES string of the molecule is Cc1cccc(CNC(=O)c2nc(C(=O)NCC3CCCO3)n3c2CCCC3)c1. The Morgan fingerprint density at radius 1 is 1.21 bits per heavy atom. The molecule has 1 saturated heterocycles. The zero-order chi connectivity index (χ0) is 20.2. The molecule has 0 saturated carbocycles. The minimum Gasteiger partial charge on any atom is -0.376 e. The molecule has 0 radical (unpaired) electrons. The van der Waals surface area contributed by atoms with Crippen LogP contribution in [-0.2, 0) is 24.2 Å². The van der Waals surface area contributed by atoms with Crippen LogP contribution >= 0.6 is 0 Å². The summed E-state index contributed by atoms with van der Waals surface area (Å²) in [4.78, 5) is 30.0. The van der Waals surface area contributed by atoms with Gasteiger partial charge in [0.15, 0.2) is 5.82 Å². The summed E-state index contributed by atoms with van der Waals surface area (Å²) in [5.74, 6) is -0.130. The maximum atomic E-state index is 12.8. The molecule has 2 aromatic rings. The number of amides is 2. The normalized spacial score (nSPS) is 18.3. The summed E-state index contributed by atoms with van der Waals surface area (Å²) < 4.78 is 7.48. The Bertz CT molecular complexity index is 899. The summed E-state index contributed by atoms with van der Waals surface area (Å²) in [6, 6.07) is 8.04. The van der Waals surface area contributed by atoms with Crippen molar-refractivity contribution in [2.75, 3.05) is 13.2 Å². The Morgan fingerprint density at radius 2 is 2.10 bits per heavy atom. The van der Waals surface area contributed by atoms with Gasteiger partial charge in [0, 0.05) is 26.2 Å². The first-order valence-corrected chi connectivity index (χ1v) is 10.4. The molecule has 1 unspecified atom stereocenters. The minimum absolute atomic E-state index is 0.0758. The largest absolute Gasteiger partial charge is 0.376 e. The number of imidazole rings is 1. The summed E-state index contributed by atoms with van der Waals surface area (Å²) in [6.45, 7) is 4.42. The first-order chi connectivity index (χ1) is 14.1. The molecule has 29 heavy (non-hydrogen) atoms. The van der Waals surface area contributed by atoms with Gasteiger partial charge in [-0.1, -0.05) is 29.8 Å². The van der Waals surface area contributed by atoms with Crippen molar-refractivity contribution in [2.45, 2.75) is 58.2 Å². The molecule has 2 N–H and O–H groups in total. The van der Waals surface area contributed by atoms with Gasteiger partial charge in [0.2, 0.25) is 0 Å². The topological polar surface area (TPSA) is 85.2 Å². The van der Waals surface area contributed by atoms with Crippen LogP contribution in [-0.4, -0.2) is 40.6 Å². The first-order valence-electron chi connectivity index (χ1n) is 10.4. The van der Waals surface area contributed by atoms with Crippen LogP contribution in [0.5, 0.6) is 0 Å². The summed E-state index contributed by atoms with van der Waals surface area (Å²) in [5, 5.41) is 5.88. The number of hydrogen-bond acceptors (Lipinski definition) is 4. The van der Waals surface area contributed by atoms with E-state index in [1.54, 1.807) is 0 Å². The Kier molecular flexibility index (Phi) is 5.94. The van der Waals surface area contributed by atoms with Gasteiger partial charge in [-0.15, -0.1) is 0 Å². The fourth-order valence-electron chi connectivity index (χ4n) is 4.08. The molecule has 4 rings (SSSR count). The van der Waals surface area contributed by atoms with Crippen LogP contribution in [0.15, 0.2) is 24.3 Å². The second-order valence-electron chi connectivity index (χ2n) is 7.86. The third-order valence-corrected chi connectivity index (χ3v) is 5.59. The van der Waals surface area contributed by atoms with E-state index < -0.39 is 0 Å². The van der Waals surface area contributed by atoms with Crippen molar-refractivity contribution < 1.29 is 14.3 Å². The lowest BCUT2D eigenvalue weighted by Gasteiger charge is -2.17. The van der Waals surface area contributed by atoms with Crippen molar-refractivity contribution in [3.05, 3.63) is 52.6 Å². The number of carbonyl (C=O) groups is 2. The van der Waals surface area contributed by atoms with E-state index in [1.165, 1.54) is 0 Å². The molecule has 7 nitrogen and oxygen atoms in total. The molecule has 1 aromatic heterocycles. The van der Waals surface area contributed by atoms with E-state index in [-0.39, 0.29) is 17.9 Å². The smallest absolute Gasteiger partial charge is 0.287 e. The van der Waals surface area contributed by atoms with Crippen LogP contribution in [0.3, 0.4) is 0 Å². The van der Waals surface area contributed by atoms with Crippen LogP contribution in [0.1, 0.15) is 63.6 Å². The van der Waals surface area contributed by atoms with E-state index in [9.17, 15) is 9.59 Å². The summed E-state index contributed by atoms with van der Waals surface area (Å²) in [7, 11) is 0. The highest BCUT2D eigenvalue weighted by Crippen LogP contribution is 2.21. The van der Waals surface area contributed by atoms with Crippen LogP contribution < -0.4 is 10.6 Å². The van der Waals surface area contributed by atoms with E-state index >= 15 is 0 Å². The summed E-state index contributed by atoms with van der Waals surface area (Å²) in [6.07, 6.45) is 4.82. The van der Waals surface area contributed by atoms with E-state index in [0.717, 1.165) is 62.1 Å². The number of aryl methyl sites for hydroxylation is 1. The zero-order valence-corrected chi connectivity index (χ0v) is 16.9. The molecule has 1 atom stereocenters. The quantitative estimate of drug-likeness (QED) is 0.785. The average Bonchev–Trinajstić information content (AvgIpc) is 3.38. The Hall–Kier alpha value is -2.67. The monoisotopic (exact) mass is 396 g/mol. The number of carbonyl (C=O) groups excluding carboxylic acids is 2. The van der Waals surface area contributed by atoms with Crippen molar-refractivity contribution in [2.24, 2.45) is 0 Å². The molecule has 0 spiro atoms. The highest BCUT2D eigenvalue weighted by molar-refractivity contribution is 5.97. The van der Waals surface area contributed by atoms with Crippen LogP contribution in [0, 0.1) is 6.92 Å². The van der Waals surface area contributed by atoms with Gasteiger partial charge < -0.3 is 19.9 Å². The molecular weight excluding hydrogens is 368 g/mol. The molecule has 0 bridgehead atoms. The molecule has 2 aliphatic rings. The number of nitrogens with zero attached hydrogens (tertiary/aromatic N) is 2. The Labute approximate surface area is 170 Å². The fourth-order valence-corrected chi connectivity index (χ4v) is 4.08. The Morgan fingerprint density at radius 3 is 2.90 bits per heavy atom. The molecule has 7 heteroatoms. The molecule has 1 aromatic carbocycles. The highest BCUT2D eigenvalue weighted by atomic mass is 16.5. The molecule has 2 amide bonds. The highest BCUT2D eigenvalue weighted by Gasteiger charge is 2.28. The predicted octanol–water partition coefficient (Wildman–Crippen LogP) is 2.37. The first kappa shape index (κ1) is 19.6. The number of rotatable bonds is 6. The van der Waals surface area contributed by atoms with Crippen LogP contribution in [0.25, 0.3) is 0 Å². The van der Waals surface area contributed by atoms with Crippen LogP contribution in [0.4, 0.5) is 0 Å². The molecular formula is C22H28N4O3. The van der Waals surface area contributed by atoms with E-state index in [4.69, 9.17) is 4.74 Å². The number of nitrogens with one attached hydrogen (secondary N) is 2. The third-order valence-electron chi connectivity index (χ3n) is 5.59. The molecule has 154 valence electrons. The summed E-state index contributed by atoms with van der Waals surface area (Å²) in [5.41, 5.74) is 3.43. The van der Waals surface area contributed by atoms with Gasteiger partial charge in [0.05, 0.1) is 11.8 Å². The zero-order valence-electron chi connectivity index (χ0n) is 16.9. The van der Waals surface area contributed by atoms with Gasteiger partial charge in [-0.3, -0.25) is 9.59 Å². The van der Waals surface area contributed by atoms with E-state index in [1.807, 2.05) is 35.8 Å². The fraction of sp³-hybridized carbons (Fsp3) is 0.500. The van der Waals surface area contributed by atoms with Gasteiger partial charge >= 0.3 is 0 Å². The molecule has 0 aliphatic carbocycles. The van der Waals surface area contributed by atoms with Crippen molar-refractivity contribution in [3.8, 4) is 0 Å². The summed E-state index contributed by atoms with van der Waals surface area (Å²) >= 11 is 0. The van der Waals surface area contributed by atoms with Gasteiger partial charge in [0.1, 0.15) is 5.69 Å². The Balaban J connectivity index is 1.47. The van der Waals surface area contributed by atoms with Crippen LogP contribution in [0.2, 0.25) is 0 Å². The van der Waals surface area contributed by atoms with Gasteiger partial charge in [-0.2, -0.15) is 0 Å². The average molecular weight is 396 g/mol.